The van der Waals surface area contributed by atoms with Gasteiger partial charge in [0.2, 0.25) is 0 Å². The fraction of sp³-hybridized carbons (Fsp3) is 0.429. The smallest absolute Gasteiger partial charge is 0.337 e. The first-order chi connectivity index (χ1) is 8.10. The van der Waals surface area contributed by atoms with E-state index in [2.05, 4.69) is 11.7 Å². The standard InChI is InChI=1S/C14H18O3/c1-4-6-10(2)13(15)11-7-5-8-12(9-11)14(16)17-3/h5,7-10H,4,6H2,1-3H3. The Balaban J connectivity index is 2.91. The van der Waals surface area contributed by atoms with Gasteiger partial charge in [-0.25, -0.2) is 4.79 Å². The quantitative estimate of drug-likeness (QED) is 0.581. The number of methoxy groups -OCH3 is 1. The molecule has 92 valence electrons. The van der Waals surface area contributed by atoms with Crippen LogP contribution in [0.3, 0.4) is 0 Å². The highest BCUT2D eigenvalue weighted by atomic mass is 16.5. The van der Waals surface area contributed by atoms with Crippen LogP contribution in [0.25, 0.3) is 0 Å². The Labute approximate surface area is 102 Å². The lowest BCUT2D eigenvalue weighted by atomic mass is 9.94. The van der Waals surface area contributed by atoms with Crippen molar-refractivity contribution < 1.29 is 14.3 Å². The first kappa shape index (κ1) is 13.4. The predicted molar refractivity (Wildman–Crippen MR) is 66.2 cm³/mol. The summed E-state index contributed by atoms with van der Waals surface area (Å²) in [4.78, 5) is 23.4. The van der Waals surface area contributed by atoms with Crippen LogP contribution in [0.1, 0.15) is 47.4 Å². The molecule has 17 heavy (non-hydrogen) atoms. The number of esters is 1. The SMILES string of the molecule is CCCC(C)C(=O)c1cccc(C(=O)OC)c1. The molecule has 0 heterocycles. The van der Waals surface area contributed by atoms with Crippen molar-refractivity contribution in [1.29, 1.82) is 0 Å². The van der Waals surface area contributed by atoms with E-state index in [-0.39, 0.29) is 11.7 Å². The van der Waals surface area contributed by atoms with E-state index in [0.717, 1.165) is 12.8 Å². The summed E-state index contributed by atoms with van der Waals surface area (Å²) >= 11 is 0. The maximum atomic E-state index is 12.0. The van der Waals surface area contributed by atoms with E-state index < -0.39 is 5.97 Å². The fourth-order valence-corrected chi connectivity index (χ4v) is 1.77. The van der Waals surface area contributed by atoms with E-state index >= 15 is 0 Å². The van der Waals surface area contributed by atoms with Crippen molar-refractivity contribution in [2.75, 3.05) is 7.11 Å². The van der Waals surface area contributed by atoms with Gasteiger partial charge in [-0.15, -0.1) is 0 Å². The second-order valence-electron chi connectivity index (χ2n) is 4.13. The molecule has 3 heteroatoms. The van der Waals surface area contributed by atoms with Crippen LogP contribution in [0.2, 0.25) is 0 Å². The minimum atomic E-state index is -0.414. The Bertz CT molecular complexity index is 410. The minimum Gasteiger partial charge on any atom is -0.465 e. The van der Waals surface area contributed by atoms with Crippen LogP contribution in [0.15, 0.2) is 24.3 Å². The molecule has 1 atom stereocenters. The third-order valence-corrected chi connectivity index (χ3v) is 2.74. The van der Waals surface area contributed by atoms with Gasteiger partial charge in [0.15, 0.2) is 5.78 Å². The topological polar surface area (TPSA) is 43.4 Å². The van der Waals surface area contributed by atoms with E-state index in [0.29, 0.717) is 11.1 Å². The zero-order valence-electron chi connectivity index (χ0n) is 10.5. The second kappa shape index (κ2) is 6.18. The van der Waals surface area contributed by atoms with Crippen LogP contribution in [0, 0.1) is 5.92 Å². The normalized spacial score (nSPS) is 11.9. The van der Waals surface area contributed by atoms with E-state index in [1.165, 1.54) is 7.11 Å². The summed E-state index contributed by atoms with van der Waals surface area (Å²) in [6, 6.07) is 6.69. The molecule has 0 aliphatic rings. The van der Waals surface area contributed by atoms with Gasteiger partial charge in [0, 0.05) is 11.5 Å². The molecule has 0 saturated heterocycles. The van der Waals surface area contributed by atoms with Crippen molar-refractivity contribution in [1.82, 2.24) is 0 Å². The van der Waals surface area contributed by atoms with Gasteiger partial charge in [-0.05, 0) is 18.6 Å². The molecule has 0 aliphatic carbocycles. The first-order valence-corrected chi connectivity index (χ1v) is 5.82. The number of benzene rings is 1. The number of ketones is 1. The van der Waals surface area contributed by atoms with Gasteiger partial charge in [0.05, 0.1) is 12.7 Å². The van der Waals surface area contributed by atoms with Crippen LogP contribution in [0.5, 0.6) is 0 Å². The molecule has 3 nitrogen and oxygen atoms in total. The largest absolute Gasteiger partial charge is 0.465 e. The molecular formula is C14H18O3. The lowest BCUT2D eigenvalue weighted by Gasteiger charge is -2.09. The van der Waals surface area contributed by atoms with E-state index in [1.807, 2.05) is 6.92 Å². The maximum absolute atomic E-state index is 12.0. The molecule has 1 aromatic carbocycles. The molecule has 0 amide bonds. The summed E-state index contributed by atoms with van der Waals surface area (Å²) in [5.41, 5.74) is 0.996. The van der Waals surface area contributed by atoms with Crippen LogP contribution in [-0.4, -0.2) is 18.9 Å². The number of ether oxygens (including phenoxy) is 1. The molecule has 0 saturated carbocycles. The van der Waals surface area contributed by atoms with Gasteiger partial charge in [0.1, 0.15) is 0 Å². The Hall–Kier alpha value is -1.64. The number of carbonyl (C=O) groups is 2. The molecule has 1 aromatic rings. The highest BCUT2D eigenvalue weighted by Crippen LogP contribution is 2.15. The molecule has 0 fully saturated rings. The Kier molecular flexibility index (Phi) is 4.88. The predicted octanol–water partition coefficient (Wildman–Crippen LogP) is 3.09. The molecule has 0 bridgehead atoms. The van der Waals surface area contributed by atoms with Crippen LogP contribution < -0.4 is 0 Å². The van der Waals surface area contributed by atoms with Crippen molar-refractivity contribution >= 4 is 11.8 Å². The van der Waals surface area contributed by atoms with Crippen molar-refractivity contribution in [3.63, 3.8) is 0 Å². The van der Waals surface area contributed by atoms with Gasteiger partial charge in [-0.1, -0.05) is 32.4 Å². The number of Topliss-reactive ketones (excluding diaryl/α,β-unsaturated/α-hetero) is 1. The highest BCUT2D eigenvalue weighted by Gasteiger charge is 2.15. The number of carbonyl (C=O) groups excluding carboxylic acids is 2. The molecule has 0 N–H and O–H groups in total. The average Bonchev–Trinajstić information content (AvgIpc) is 2.37. The van der Waals surface area contributed by atoms with Gasteiger partial charge >= 0.3 is 5.97 Å². The van der Waals surface area contributed by atoms with E-state index in [4.69, 9.17) is 0 Å². The maximum Gasteiger partial charge on any atom is 0.337 e. The second-order valence-corrected chi connectivity index (χ2v) is 4.13. The summed E-state index contributed by atoms with van der Waals surface area (Å²) < 4.78 is 4.63. The summed E-state index contributed by atoms with van der Waals surface area (Å²) in [7, 11) is 1.33. The van der Waals surface area contributed by atoms with Crippen LogP contribution in [0.4, 0.5) is 0 Å². The molecular weight excluding hydrogens is 216 g/mol. The van der Waals surface area contributed by atoms with Crippen molar-refractivity contribution in [3.05, 3.63) is 35.4 Å². The number of rotatable bonds is 5. The summed E-state index contributed by atoms with van der Waals surface area (Å²) in [5.74, 6) is -0.340. The van der Waals surface area contributed by atoms with Crippen LogP contribution in [-0.2, 0) is 4.74 Å². The van der Waals surface area contributed by atoms with Crippen LogP contribution >= 0.6 is 0 Å². The third-order valence-electron chi connectivity index (χ3n) is 2.74. The molecule has 0 aromatic heterocycles. The Morgan fingerprint density at radius 1 is 1.29 bits per heavy atom. The summed E-state index contributed by atoms with van der Waals surface area (Å²) in [5, 5.41) is 0. The van der Waals surface area contributed by atoms with E-state index in [1.54, 1.807) is 24.3 Å². The average molecular weight is 234 g/mol. The van der Waals surface area contributed by atoms with E-state index in [9.17, 15) is 9.59 Å². The lowest BCUT2D eigenvalue weighted by Crippen LogP contribution is -2.12. The minimum absolute atomic E-state index is 0.00658. The van der Waals surface area contributed by atoms with Gasteiger partial charge in [-0.3, -0.25) is 4.79 Å². The van der Waals surface area contributed by atoms with Crippen molar-refractivity contribution in [2.24, 2.45) is 5.92 Å². The third kappa shape index (κ3) is 3.41. The molecule has 0 aliphatic heterocycles. The highest BCUT2D eigenvalue weighted by molar-refractivity contribution is 6.00. The zero-order chi connectivity index (χ0) is 12.8. The number of hydrogen-bond acceptors (Lipinski definition) is 3. The van der Waals surface area contributed by atoms with Gasteiger partial charge in [0.25, 0.3) is 0 Å². The van der Waals surface area contributed by atoms with Gasteiger partial charge in [-0.2, -0.15) is 0 Å². The monoisotopic (exact) mass is 234 g/mol. The summed E-state index contributed by atoms with van der Waals surface area (Å²) in [6.07, 6.45) is 1.84. The molecule has 1 rings (SSSR count). The Morgan fingerprint density at radius 2 is 1.94 bits per heavy atom. The molecule has 0 radical (unpaired) electrons. The van der Waals surface area contributed by atoms with Gasteiger partial charge < -0.3 is 4.74 Å². The number of hydrogen-bond donors (Lipinski definition) is 0. The first-order valence-electron chi connectivity index (χ1n) is 5.82. The van der Waals surface area contributed by atoms with Crippen molar-refractivity contribution in [3.8, 4) is 0 Å². The Morgan fingerprint density at radius 3 is 2.53 bits per heavy atom. The lowest BCUT2D eigenvalue weighted by molar-refractivity contribution is 0.0600. The zero-order valence-corrected chi connectivity index (χ0v) is 10.5. The fourth-order valence-electron chi connectivity index (χ4n) is 1.77. The molecule has 1 unspecified atom stereocenters. The molecule has 0 spiro atoms. The van der Waals surface area contributed by atoms with Crippen molar-refractivity contribution in [2.45, 2.75) is 26.7 Å². The summed E-state index contributed by atoms with van der Waals surface area (Å²) in [6.45, 7) is 3.96.